The molecule has 0 amide bonds. The van der Waals surface area contributed by atoms with Gasteiger partial charge in [-0.2, -0.15) is 0 Å². The van der Waals surface area contributed by atoms with Crippen LogP contribution in [0.1, 0.15) is 35.3 Å². The highest BCUT2D eigenvalue weighted by Crippen LogP contribution is 2.35. The van der Waals surface area contributed by atoms with Crippen LogP contribution in [0.15, 0.2) is 42.5 Å². The molecule has 0 bridgehead atoms. The van der Waals surface area contributed by atoms with Crippen LogP contribution >= 0.6 is 0 Å². The molecule has 0 aliphatic carbocycles. The van der Waals surface area contributed by atoms with Crippen molar-refractivity contribution in [3.63, 3.8) is 0 Å². The third-order valence-corrected chi connectivity index (χ3v) is 4.71. The third kappa shape index (κ3) is 2.87. The maximum atomic E-state index is 10.6. The summed E-state index contributed by atoms with van der Waals surface area (Å²) in [6.07, 6.45) is 0.427. The second kappa shape index (κ2) is 6.11. The van der Waals surface area contributed by atoms with Gasteiger partial charge in [0.15, 0.2) is 0 Å². The van der Waals surface area contributed by atoms with E-state index in [1.165, 1.54) is 5.56 Å². The Hall–Kier alpha value is -1.84. The first-order valence-electron chi connectivity index (χ1n) is 7.84. The number of aryl methyl sites for hydroxylation is 1. The van der Waals surface area contributed by atoms with Crippen LogP contribution in [0, 0.1) is 6.92 Å². The summed E-state index contributed by atoms with van der Waals surface area (Å²) in [4.78, 5) is 2.32. The number of nitrogens with zero attached hydrogens (tertiary/aromatic N) is 1. The zero-order valence-electron chi connectivity index (χ0n) is 13.2. The number of aliphatic hydroxyl groups is 1. The van der Waals surface area contributed by atoms with Crippen molar-refractivity contribution in [2.45, 2.75) is 39.0 Å². The smallest absolute Gasteiger partial charge is 0.118 e. The number of benzene rings is 2. The zero-order valence-corrected chi connectivity index (χ0v) is 13.2. The summed E-state index contributed by atoms with van der Waals surface area (Å²) in [7, 11) is 0. The van der Waals surface area contributed by atoms with Crippen LogP contribution in [0.5, 0.6) is 5.75 Å². The molecular formula is C19H23NO2. The van der Waals surface area contributed by atoms with E-state index < -0.39 is 6.10 Å². The quantitative estimate of drug-likeness (QED) is 0.914. The van der Waals surface area contributed by atoms with Crippen LogP contribution in [0.3, 0.4) is 0 Å². The van der Waals surface area contributed by atoms with E-state index >= 15 is 0 Å². The number of phenols is 1. The fourth-order valence-electron chi connectivity index (χ4n) is 3.21. The van der Waals surface area contributed by atoms with E-state index in [0.717, 1.165) is 36.2 Å². The molecule has 0 fully saturated rings. The lowest BCUT2D eigenvalue weighted by molar-refractivity contribution is 0.0380. The summed E-state index contributed by atoms with van der Waals surface area (Å²) < 4.78 is 0. The molecule has 116 valence electrons. The van der Waals surface area contributed by atoms with Gasteiger partial charge in [-0.05, 0) is 48.6 Å². The molecule has 0 spiro atoms. The number of aromatic hydroxyl groups is 1. The van der Waals surface area contributed by atoms with Gasteiger partial charge in [0.2, 0.25) is 0 Å². The van der Waals surface area contributed by atoms with Crippen LogP contribution < -0.4 is 0 Å². The maximum Gasteiger partial charge on any atom is 0.118 e. The lowest BCUT2D eigenvalue weighted by atomic mass is 9.90. The van der Waals surface area contributed by atoms with Crippen molar-refractivity contribution in [3.05, 3.63) is 64.7 Å². The van der Waals surface area contributed by atoms with Crippen molar-refractivity contribution in [2.75, 3.05) is 6.54 Å². The summed E-state index contributed by atoms with van der Waals surface area (Å²) in [6, 6.07) is 14.2. The van der Waals surface area contributed by atoms with E-state index in [-0.39, 0.29) is 11.8 Å². The van der Waals surface area contributed by atoms with Gasteiger partial charge in [0, 0.05) is 19.1 Å². The van der Waals surface area contributed by atoms with E-state index in [1.807, 2.05) is 19.1 Å². The largest absolute Gasteiger partial charge is 0.508 e. The van der Waals surface area contributed by atoms with Gasteiger partial charge in [0.05, 0.1) is 6.10 Å². The van der Waals surface area contributed by atoms with Crippen molar-refractivity contribution < 1.29 is 10.2 Å². The van der Waals surface area contributed by atoms with Crippen LogP contribution in [-0.2, 0) is 13.0 Å². The molecule has 2 atom stereocenters. The van der Waals surface area contributed by atoms with E-state index in [0.29, 0.717) is 0 Å². The van der Waals surface area contributed by atoms with Crippen LogP contribution in [0.2, 0.25) is 0 Å². The Morgan fingerprint density at radius 1 is 1.18 bits per heavy atom. The minimum atomic E-state index is -0.550. The summed E-state index contributed by atoms with van der Waals surface area (Å²) in [5, 5.41) is 20.4. The summed E-state index contributed by atoms with van der Waals surface area (Å²) in [5.41, 5.74) is 4.17. The summed E-state index contributed by atoms with van der Waals surface area (Å²) >= 11 is 0. The minimum Gasteiger partial charge on any atom is -0.508 e. The molecule has 1 aliphatic rings. The van der Waals surface area contributed by atoms with Crippen LogP contribution in [0.25, 0.3) is 0 Å². The van der Waals surface area contributed by atoms with Gasteiger partial charge in [-0.15, -0.1) is 0 Å². The van der Waals surface area contributed by atoms with Gasteiger partial charge in [-0.3, -0.25) is 4.90 Å². The Bertz CT molecular complexity index is 654. The highest BCUT2D eigenvalue weighted by atomic mass is 16.3. The first-order chi connectivity index (χ1) is 10.6. The van der Waals surface area contributed by atoms with Gasteiger partial charge in [0.25, 0.3) is 0 Å². The molecule has 2 unspecified atom stereocenters. The van der Waals surface area contributed by atoms with E-state index in [9.17, 15) is 10.2 Å². The Balaban J connectivity index is 1.78. The zero-order chi connectivity index (χ0) is 15.7. The highest BCUT2D eigenvalue weighted by molar-refractivity contribution is 5.43. The number of hydrogen-bond acceptors (Lipinski definition) is 3. The van der Waals surface area contributed by atoms with Crippen LogP contribution in [0.4, 0.5) is 0 Å². The van der Waals surface area contributed by atoms with E-state index in [1.54, 1.807) is 6.07 Å². The molecule has 0 saturated carbocycles. The molecule has 3 nitrogen and oxygen atoms in total. The number of rotatable bonds is 3. The van der Waals surface area contributed by atoms with Crippen molar-refractivity contribution in [3.8, 4) is 5.75 Å². The number of fused-ring (bicyclic) bond motifs is 1. The van der Waals surface area contributed by atoms with Gasteiger partial charge < -0.3 is 10.2 Å². The lowest BCUT2D eigenvalue weighted by Crippen LogP contribution is -2.42. The first-order valence-corrected chi connectivity index (χ1v) is 7.84. The van der Waals surface area contributed by atoms with Crippen molar-refractivity contribution in [2.24, 2.45) is 0 Å². The Kier molecular flexibility index (Phi) is 4.19. The highest BCUT2D eigenvalue weighted by Gasteiger charge is 2.31. The molecular weight excluding hydrogens is 274 g/mol. The molecule has 2 aromatic carbocycles. The molecule has 22 heavy (non-hydrogen) atoms. The van der Waals surface area contributed by atoms with Crippen molar-refractivity contribution >= 4 is 0 Å². The van der Waals surface area contributed by atoms with Gasteiger partial charge >= 0.3 is 0 Å². The number of aliphatic hydroxyl groups excluding tert-OH is 1. The molecule has 1 aliphatic heterocycles. The third-order valence-electron chi connectivity index (χ3n) is 4.71. The Morgan fingerprint density at radius 2 is 1.91 bits per heavy atom. The molecule has 0 aromatic heterocycles. The minimum absolute atomic E-state index is 0.0540. The topological polar surface area (TPSA) is 43.7 Å². The molecule has 0 radical (unpaired) electrons. The average molecular weight is 297 g/mol. The molecule has 0 saturated heterocycles. The Morgan fingerprint density at radius 3 is 2.64 bits per heavy atom. The second-order valence-electron chi connectivity index (χ2n) is 6.23. The van der Waals surface area contributed by atoms with E-state index in [4.69, 9.17) is 0 Å². The van der Waals surface area contributed by atoms with Crippen molar-refractivity contribution in [1.82, 2.24) is 4.90 Å². The van der Waals surface area contributed by atoms with Gasteiger partial charge in [-0.1, -0.05) is 36.4 Å². The van der Waals surface area contributed by atoms with Gasteiger partial charge in [0.1, 0.15) is 5.75 Å². The fraction of sp³-hybridized carbons (Fsp3) is 0.368. The normalized spacial score (nSPS) is 21.6. The van der Waals surface area contributed by atoms with E-state index in [2.05, 4.69) is 36.1 Å². The first kappa shape index (κ1) is 15.1. The van der Waals surface area contributed by atoms with Crippen LogP contribution in [-0.4, -0.2) is 27.7 Å². The molecule has 1 heterocycles. The molecule has 3 heteroatoms. The molecule has 2 N–H and O–H groups in total. The molecule has 3 rings (SSSR count). The summed E-state index contributed by atoms with van der Waals surface area (Å²) in [5.74, 6) is 0.266. The monoisotopic (exact) mass is 297 g/mol. The second-order valence-corrected chi connectivity index (χ2v) is 6.23. The predicted octanol–water partition coefficient (Wildman–Crippen LogP) is 3.18. The molecule has 2 aromatic rings. The fourth-order valence-corrected chi connectivity index (χ4v) is 3.21. The average Bonchev–Trinajstić information content (AvgIpc) is 2.53. The number of hydrogen-bond donors (Lipinski definition) is 2. The lowest BCUT2D eigenvalue weighted by Gasteiger charge is -2.38. The van der Waals surface area contributed by atoms with Gasteiger partial charge in [-0.25, -0.2) is 0 Å². The standard InChI is InChI=1S/C19H23NO2/c1-13-10-16-12-20(9-8-15-6-4-3-5-7-15)14(2)19(22)17(16)11-18(13)21/h3-7,10-11,14,19,21-22H,8-9,12H2,1-2H3. The summed E-state index contributed by atoms with van der Waals surface area (Å²) in [6.45, 7) is 5.69. The van der Waals surface area contributed by atoms with Crippen molar-refractivity contribution in [1.29, 1.82) is 0 Å². The maximum absolute atomic E-state index is 10.6. The number of phenolic OH excluding ortho intramolecular Hbond substituents is 1. The Labute approximate surface area is 131 Å². The predicted molar refractivity (Wildman–Crippen MR) is 87.8 cm³/mol. The SMILES string of the molecule is Cc1cc2c(cc1O)C(O)C(C)N(CCc1ccccc1)C2.